The smallest absolute Gasteiger partial charge is 0.182 e. The highest BCUT2D eigenvalue weighted by Crippen LogP contribution is 2.28. The van der Waals surface area contributed by atoms with Crippen molar-refractivity contribution in [3.8, 4) is 22.9 Å². The Morgan fingerprint density at radius 2 is 1.84 bits per heavy atom. The number of aryl methyl sites for hydroxylation is 1. The number of hydrogen-bond acceptors (Lipinski definition) is 6. The van der Waals surface area contributed by atoms with Gasteiger partial charge in [-0.2, -0.15) is 0 Å². The minimum atomic E-state index is 0.598. The lowest BCUT2D eigenvalue weighted by molar-refractivity contribution is 0.394. The quantitative estimate of drug-likeness (QED) is 0.825. The molecule has 0 amide bonds. The zero-order valence-electron chi connectivity index (χ0n) is 11.0. The van der Waals surface area contributed by atoms with Crippen molar-refractivity contribution in [2.24, 2.45) is 5.73 Å². The van der Waals surface area contributed by atoms with Crippen LogP contribution in [0.3, 0.4) is 0 Å². The molecule has 0 radical (unpaired) electrons. The Morgan fingerprint density at radius 3 is 2.42 bits per heavy atom. The Bertz CT molecular complexity index is 518. The summed E-state index contributed by atoms with van der Waals surface area (Å²) in [7, 11) is 3.21. The van der Waals surface area contributed by atoms with Crippen LogP contribution >= 0.6 is 0 Å². The fraction of sp³-hybridized carbons (Fsp3) is 0.417. The van der Waals surface area contributed by atoms with Crippen LogP contribution in [-0.4, -0.2) is 41.0 Å². The topological polar surface area (TPSA) is 88.1 Å². The Balaban J connectivity index is 2.37. The van der Waals surface area contributed by atoms with Crippen molar-refractivity contribution in [2.75, 3.05) is 20.8 Å². The lowest BCUT2D eigenvalue weighted by Crippen LogP contribution is -2.08. The normalized spacial score (nSPS) is 10.5. The third-order valence-electron chi connectivity index (χ3n) is 2.72. The highest BCUT2D eigenvalue weighted by Gasteiger charge is 2.11. The van der Waals surface area contributed by atoms with E-state index in [1.54, 1.807) is 25.0 Å². The van der Waals surface area contributed by atoms with Gasteiger partial charge in [-0.1, -0.05) is 0 Å². The molecule has 2 rings (SSSR count). The van der Waals surface area contributed by atoms with E-state index in [1.165, 1.54) is 0 Å². The van der Waals surface area contributed by atoms with Gasteiger partial charge in [0.25, 0.3) is 0 Å². The fourth-order valence-corrected chi connectivity index (χ4v) is 1.74. The van der Waals surface area contributed by atoms with Crippen LogP contribution in [0.1, 0.15) is 6.42 Å². The van der Waals surface area contributed by atoms with Gasteiger partial charge in [0.05, 0.1) is 14.2 Å². The maximum absolute atomic E-state index is 5.50. The van der Waals surface area contributed by atoms with E-state index in [4.69, 9.17) is 15.2 Å². The summed E-state index contributed by atoms with van der Waals surface area (Å²) in [5.41, 5.74) is 6.35. The van der Waals surface area contributed by atoms with Crippen LogP contribution in [0.2, 0.25) is 0 Å². The molecule has 19 heavy (non-hydrogen) atoms. The van der Waals surface area contributed by atoms with Gasteiger partial charge in [0, 0.05) is 18.2 Å². The number of aromatic nitrogens is 4. The molecular weight excluding hydrogens is 246 g/mol. The second-order valence-electron chi connectivity index (χ2n) is 3.97. The Kier molecular flexibility index (Phi) is 4.30. The molecule has 2 N–H and O–H groups in total. The van der Waals surface area contributed by atoms with Crippen molar-refractivity contribution in [1.82, 2.24) is 20.2 Å². The number of ether oxygens (including phenoxy) is 2. The molecule has 2 aromatic rings. The fourth-order valence-electron chi connectivity index (χ4n) is 1.74. The molecule has 1 heterocycles. The van der Waals surface area contributed by atoms with Crippen LogP contribution < -0.4 is 15.2 Å². The van der Waals surface area contributed by atoms with Gasteiger partial charge in [0.1, 0.15) is 11.5 Å². The maximum Gasteiger partial charge on any atom is 0.182 e. The summed E-state index contributed by atoms with van der Waals surface area (Å²) in [6, 6.07) is 5.54. The largest absolute Gasteiger partial charge is 0.497 e. The van der Waals surface area contributed by atoms with E-state index in [0.29, 0.717) is 30.4 Å². The number of nitrogens with two attached hydrogens (primary N) is 1. The summed E-state index contributed by atoms with van der Waals surface area (Å²) in [4.78, 5) is 0. The van der Waals surface area contributed by atoms with Crippen molar-refractivity contribution in [3.05, 3.63) is 18.2 Å². The molecule has 1 aromatic carbocycles. The van der Waals surface area contributed by atoms with Crippen molar-refractivity contribution < 1.29 is 9.47 Å². The SMILES string of the molecule is COc1cc(OC)cc(-c2nnnn2CCCN)c1. The lowest BCUT2D eigenvalue weighted by atomic mass is 10.2. The minimum absolute atomic E-state index is 0.598. The van der Waals surface area contributed by atoms with Gasteiger partial charge in [-0.05, 0) is 35.5 Å². The lowest BCUT2D eigenvalue weighted by Gasteiger charge is -2.08. The molecule has 0 unspecified atom stereocenters. The van der Waals surface area contributed by atoms with E-state index in [-0.39, 0.29) is 0 Å². The molecule has 0 fully saturated rings. The van der Waals surface area contributed by atoms with E-state index >= 15 is 0 Å². The van der Waals surface area contributed by atoms with E-state index in [0.717, 1.165) is 12.0 Å². The van der Waals surface area contributed by atoms with Gasteiger partial charge in [-0.3, -0.25) is 0 Å². The first-order valence-corrected chi connectivity index (χ1v) is 5.98. The van der Waals surface area contributed by atoms with Crippen LogP contribution in [0, 0.1) is 0 Å². The standard InChI is InChI=1S/C12H17N5O2/c1-18-10-6-9(7-11(8-10)19-2)12-14-15-16-17(12)5-3-4-13/h6-8H,3-5,13H2,1-2H3. The van der Waals surface area contributed by atoms with Gasteiger partial charge in [-0.15, -0.1) is 5.10 Å². The Hall–Kier alpha value is -2.15. The number of tetrazole rings is 1. The molecule has 7 heteroatoms. The van der Waals surface area contributed by atoms with E-state index in [2.05, 4.69) is 15.5 Å². The van der Waals surface area contributed by atoms with Gasteiger partial charge in [-0.25, -0.2) is 4.68 Å². The predicted molar refractivity (Wildman–Crippen MR) is 70.0 cm³/mol. The molecule has 0 saturated carbocycles. The zero-order chi connectivity index (χ0) is 13.7. The molecule has 0 aliphatic rings. The third kappa shape index (κ3) is 3.00. The van der Waals surface area contributed by atoms with Crippen molar-refractivity contribution in [2.45, 2.75) is 13.0 Å². The summed E-state index contributed by atoms with van der Waals surface area (Å²) in [5, 5.41) is 11.7. The van der Waals surface area contributed by atoms with Crippen LogP contribution in [0.5, 0.6) is 11.5 Å². The van der Waals surface area contributed by atoms with Gasteiger partial charge in [0.15, 0.2) is 5.82 Å². The molecule has 0 atom stereocenters. The Morgan fingerprint density at radius 1 is 1.16 bits per heavy atom. The van der Waals surface area contributed by atoms with Crippen LogP contribution in [0.25, 0.3) is 11.4 Å². The second-order valence-corrected chi connectivity index (χ2v) is 3.97. The van der Waals surface area contributed by atoms with Crippen LogP contribution in [-0.2, 0) is 6.54 Å². The minimum Gasteiger partial charge on any atom is -0.497 e. The van der Waals surface area contributed by atoms with Gasteiger partial charge in [0.2, 0.25) is 0 Å². The molecule has 0 spiro atoms. The van der Waals surface area contributed by atoms with Crippen LogP contribution in [0.4, 0.5) is 0 Å². The van der Waals surface area contributed by atoms with Crippen molar-refractivity contribution in [1.29, 1.82) is 0 Å². The third-order valence-corrected chi connectivity index (χ3v) is 2.72. The van der Waals surface area contributed by atoms with Gasteiger partial charge < -0.3 is 15.2 Å². The summed E-state index contributed by atoms with van der Waals surface area (Å²) in [5.74, 6) is 2.07. The summed E-state index contributed by atoms with van der Waals surface area (Å²) in [6.45, 7) is 1.28. The first kappa shape index (κ1) is 13.3. The summed E-state index contributed by atoms with van der Waals surface area (Å²) in [6.07, 6.45) is 0.819. The van der Waals surface area contributed by atoms with Crippen molar-refractivity contribution in [3.63, 3.8) is 0 Å². The summed E-state index contributed by atoms with van der Waals surface area (Å²) < 4.78 is 12.2. The molecule has 0 aliphatic heterocycles. The molecule has 0 saturated heterocycles. The maximum atomic E-state index is 5.50. The van der Waals surface area contributed by atoms with Crippen LogP contribution in [0.15, 0.2) is 18.2 Å². The van der Waals surface area contributed by atoms with Crippen molar-refractivity contribution >= 4 is 0 Å². The number of hydrogen-bond donors (Lipinski definition) is 1. The van der Waals surface area contributed by atoms with E-state index in [1.807, 2.05) is 12.1 Å². The number of methoxy groups -OCH3 is 2. The van der Waals surface area contributed by atoms with E-state index in [9.17, 15) is 0 Å². The zero-order valence-corrected chi connectivity index (χ0v) is 11.0. The predicted octanol–water partition coefficient (Wildman–Crippen LogP) is 0.706. The highest BCUT2D eigenvalue weighted by molar-refractivity contribution is 5.60. The van der Waals surface area contributed by atoms with Gasteiger partial charge >= 0.3 is 0 Å². The monoisotopic (exact) mass is 263 g/mol. The average Bonchev–Trinajstić information content (AvgIpc) is 2.92. The van der Waals surface area contributed by atoms with E-state index < -0.39 is 0 Å². The average molecular weight is 263 g/mol. The number of benzene rings is 1. The molecule has 102 valence electrons. The Labute approximate surface area is 111 Å². The number of rotatable bonds is 6. The highest BCUT2D eigenvalue weighted by atomic mass is 16.5. The number of nitrogens with zero attached hydrogens (tertiary/aromatic N) is 4. The molecule has 0 bridgehead atoms. The first-order valence-electron chi connectivity index (χ1n) is 5.98. The molecule has 0 aliphatic carbocycles. The second kappa shape index (κ2) is 6.14. The molecule has 1 aromatic heterocycles. The molecular formula is C12H17N5O2. The summed E-state index contributed by atoms with van der Waals surface area (Å²) >= 11 is 0. The first-order chi connectivity index (χ1) is 9.28. The molecule has 7 nitrogen and oxygen atoms in total.